The first-order chi connectivity index (χ1) is 11.0. The number of nitrogens with zero attached hydrogens (tertiary/aromatic N) is 1. The number of rotatable bonds is 11. The molecule has 136 valence electrons. The van der Waals surface area contributed by atoms with Gasteiger partial charge in [0.25, 0.3) is 0 Å². The van der Waals surface area contributed by atoms with Crippen LogP contribution in [-0.4, -0.2) is 74.4 Å². The van der Waals surface area contributed by atoms with Gasteiger partial charge in [0.15, 0.2) is 0 Å². The van der Waals surface area contributed by atoms with E-state index in [9.17, 15) is 4.79 Å². The van der Waals surface area contributed by atoms with Gasteiger partial charge in [0.1, 0.15) is 0 Å². The number of amides is 1. The van der Waals surface area contributed by atoms with Gasteiger partial charge in [-0.05, 0) is 19.1 Å². The van der Waals surface area contributed by atoms with Gasteiger partial charge in [0.2, 0.25) is 5.91 Å². The van der Waals surface area contributed by atoms with Gasteiger partial charge in [-0.1, -0.05) is 20.8 Å². The van der Waals surface area contributed by atoms with E-state index in [0.717, 1.165) is 51.1 Å². The summed E-state index contributed by atoms with van der Waals surface area (Å²) in [5, 5.41) is 3.67. The number of hydrogen-bond donors (Lipinski definition) is 1. The molecule has 1 N–H and O–H groups in total. The van der Waals surface area contributed by atoms with Crippen molar-refractivity contribution >= 4 is 17.7 Å². The SMILES string of the molecule is CSC(C)CCCOCCN1CCOC(CNC(=O)C(C)C)C1. The van der Waals surface area contributed by atoms with Crippen LogP contribution in [0.25, 0.3) is 0 Å². The van der Waals surface area contributed by atoms with Crippen molar-refractivity contribution in [2.75, 3.05) is 52.3 Å². The molecule has 0 saturated carbocycles. The van der Waals surface area contributed by atoms with Crippen molar-refractivity contribution in [2.45, 2.75) is 45.0 Å². The summed E-state index contributed by atoms with van der Waals surface area (Å²) in [5.74, 6) is 0.116. The molecule has 0 spiro atoms. The fourth-order valence-electron chi connectivity index (χ4n) is 2.41. The number of ether oxygens (including phenoxy) is 2. The maximum absolute atomic E-state index is 11.6. The highest BCUT2D eigenvalue weighted by atomic mass is 32.2. The monoisotopic (exact) mass is 346 g/mol. The fraction of sp³-hybridized carbons (Fsp3) is 0.941. The number of morpholine rings is 1. The van der Waals surface area contributed by atoms with Gasteiger partial charge in [-0.15, -0.1) is 0 Å². The molecule has 1 heterocycles. The van der Waals surface area contributed by atoms with Crippen molar-refractivity contribution in [3.8, 4) is 0 Å². The molecule has 23 heavy (non-hydrogen) atoms. The van der Waals surface area contributed by atoms with Crippen molar-refractivity contribution in [2.24, 2.45) is 5.92 Å². The van der Waals surface area contributed by atoms with Crippen molar-refractivity contribution in [3.05, 3.63) is 0 Å². The quantitative estimate of drug-likeness (QED) is 0.580. The van der Waals surface area contributed by atoms with Gasteiger partial charge in [-0.2, -0.15) is 11.8 Å². The van der Waals surface area contributed by atoms with Gasteiger partial charge >= 0.3 is 0 Å². The van der Waals surface area contributed by atoms with E-state index in [-0.39, 0.29) is 17.9 Å². The molecule has 0 aliphatic carbocycles. The Morgan fingerprint density at radius 3 is 2.87 bits per heavy atom. The molecule has 1 aliphatic heterocycles. The zero-order chi connectivity index (χ0) is 17.1. The summed E-state index contributed by atoms with van der Waals surface area (Å²) >= 11 is 1.91. The van der Waals surface area contributed by atoms with Crippen LogP contribution in [0.2, 0.25) is 0 Å². The minimum absolute atomic E-state index is 0.0249. The lowest BCUT2D eigenvalue weighted by Gasteiger charge is -2.33. The highest BCUT2D eigenvalue weighted by Crippen LogP contribution is 2.11. The molecule has 0 aromatic heterocycles. The molecule has 6 heteroatoms. The second-order valence-corrected chi connectivity index (χ2v) is 7.77. The number of hydrogen-bond acceptors (Lipinski definition) is 5. The van der Waals surface area contributed by atoms with Crippen LogP contribution in [-0.2, 0) is 14.3 Å². The third-order valence-electron chi connectivity index (χ3n) is 4.10. The van der Waals surface area contributed by atoms with Gasteiger partial charge < -0.3 is 14.8 Å². The Morgan fingerprint density at radius 1 is 1.39 bits per heavy atom. The molecule has 5 nitrogen and oxygen atoms in total. The van der Waals surface area contributed by atoms with Crippen LogP contribution in [0.1, 0.15) is 33.6 Å². The molecule has 1 rings (SSSR count). The summed E-state index contributed by atoms with van der Waals surface area (Å²) in [5.41, 5.74) is 0. The summed E-state index contributed by atoms with van der Waals surface area (Å²) in [6, 6.07) is 0. The van der Waals surface area contributed by atoms with Gasteiger partial charge in [0, 0.05) is 44.0 Å². The molecule has 2 atom stereocenters. The van der Waals surface area contributed by atoms with Crippen molar-refractivity contribution in [3.63, 3.8) is 0 Å². The van der Waals surface area contributed by atoms with Crippen LogP contribution >= 0.6 is 11.8 Å². The average molecular weight is 347 g/mol. The minimum atomic E-state index is 0.0249. The van der Waals surface area contributed by atoms with Gasteiger partial charge in [-0.3, -0.25) is 9.69 Å². The van der Waals surface area contributed by atoms with E-state index in [0.29, 0.717) is 6.54 Å². The summed E-state index contributed by atoms with van der Waals surface area (Å²) in [4.78, 5) is 14.0. The van der Waals surface area contributed by atoms with Crippen molar-refractivity contribution in [1.82, 2.24) is 10.2 Å². The molecule has 1 saturated heterocycles. The molecular formula is C17H34N2O3S. The molecule has 0 radical (unpaired) electrons. The fourth-order valence-corrected chi connectivity index (χ4v) is 2.81. The maximum Gasteiger partial charge on any atom is 0.222 e. The highest BCUT2D eigenvalue weighted by molar-refractivity contribution is 7.99. The number of nitrogens with one attached hydrogen (secondary N) is 1. The standard InChI is InChI=1S/C17H34N2O3S/c1-14(2)17(20)18-12-16-13-19(8-11-22-16)7-10-21-9-5-6-15(3)23-4/h14-16H,5-13H2,1-4H3,(H,18,20). The Balaban J connectivity index is 2.07. The normalized spacial score (nSPS) is 20.7. The average Bonchev–Trinajstić information content (AvgIpc) is 2.55. The predicted octanol–water partition coefficient (Wildman–Crippen LogP) is 2.01. The third-order valence-corrected chi connectivity index (χ3v) is 5.15. The second-order valence-electron chi connectivity index (χ2n) is 6.49. The van der Waals surface area contributed by atoms with Crippen LogP contribution in [0.5, 0.6) is 0 Å². The third kappa shape index (κ3) is 9.55. The van der Waals surface area contributed by atoms with Gasteiger partial charge in [0.05, 0.1) is 19.3 Å². The maximum atomic E-state index is 11.6. The largest absolute Gasteiger partial charge is 0.380 e. The Kier molecular flexibility index (Phi) is 10.9. The van der Waals surface area contributed by atoms with Crippen LogP contribution in [0, 0.1) is 5.92 Å². The first-order valence-electron chi connectivity index (χ1n) is 8.75. The van der Waals surface area contributed by atoms with Crippen LogP contribution in [0.15, 0.2) is 0 Å². The molecule has 0 bridgehead atoms. The van der Waals surface area contributed by atoms with E-state index in [2.05, 4.69) is 23.4 Å². The molecule has 2 unspecified atom stereocenters. The van der Waals surface area contributed by atoms with Crippen LogP contribution in [0.4, 0.5) is 0 Å². The molecule has 1 aliphatic rings. The lowest BCUT2D eigenvalue weighted by molar-refractivity contribution is -0.125. The smallest absolute Gasteiger partial charge is 0.222 e. The molecule has 1 amide bonds. The minimum Gasteiger partial charge on any atom is -0.380 e. The van der Waals surface area contributed by atoms with Gasteiger partial charge in [-0.25, -0.2) is 0 Å². The molecule has 0 aromatic carbocycles. The Hall–Kier alpha value is -0.300. The van der Waals surface area contributed by atoms with E-state index >= 15 is 0 Å². The Morgan fingerprint density at radius 2 is 2.17 bits per heavy atom. The van der Waals surface area contributed by atoms with E-state index in [1.165, 1.54) is 6.42 Å². The lowest BCUT2D eigenvalue weighted by atomic mass is 10.2. The van der Waals surface area contributed by atoms with Crippen LogP contribution in [0.3, 0.4) is 0 Å². The van der Waals surface area contributed by atoms with Crippen molar-refractivity contribution in [1.29, 1.82) is 0 Å². The van der Waals surface area contributed by atoms with E-state index < -0.39 is 0 Å². The highest BCUT2D eigenvalue weighted by Gasteiger charge is 2.21. The zero-order valence-corrected chi connectivity index (χ0v) is 16.0. The Bertz CT molecular complexity index is 329. The number of carbonyl (C=O) groups is 1. The van der Waals surface area contributed by atoms with E-state index in [1.54, 1.807) is 0 Å². The first kappa shape index (κ1) is 20.7. The van der Waals surface area contributed by atoms with E-state index in [1.807, 2.05) is 25.6 Å². The Labute approximate surface area is 145 Å². The van der Waals surface area contributed by atoms with E-state index in [4.69, 9.17) is 9.47 Å². The van der Waals surface area contributed by atoms with Crippen molar-refractivity contribution < 1.29 is 14.3 Å². The predicted molar refractivity (Wildman–Crippen MR) is 97.1 cm³/mol. The number of thioether (sulfide) groups is 1. The summed E-state index contributed by atoms with van der Waals surface area (Å²) in [6.45, 7) is 11.8. The zero-order valence-electron chi connectivity index (χ0n) is 15.2. The molecule has 1 fully saturated rings. The summed E-state index contributed by atoms with van der Waals surface area (Å²) in [6.07, 6.45) is 4.60. The summed E-state index contributed by atoms with van der Waals surface area (Å²) < 4.78 is 11.5. The lowest BCUT2D eigenvalue weighted by Crippen LogP contribution is -2.48. The molecular weight excluding hydrogens is 312 g/mol. The second kappa shape index (κ2) is 12.1. The molecule has 0 aromatic rings. The summed E-state index contributed by atoms with van der Waals surface area (Å²) in [7, 11) is 0. The van der Waals surface area contributed by atoms with Crippen LogP contribution < -0.4 is 5.32 Å². The topological polar surface area (TPSA) is 50.8 Å². The number of carbonyl (C=O) groups excluding carboxylic acids is 1. The first-order valence-corrected chi connectivity index (χ1v) is 10.0.